The maximum Gasteiger partial charge on any atom is 0.358 e. The van der Waals surface area contributed by atoms with Crippen LogP contribution in [0.1, 0.15) is 39.8 Å². The van der Waals surface area contributed by atoms with Gasteiger partial charge in [-0.15, -0.1) is 11.3 Å². The fraction of sp³-hybridized carbons (Fsp3) is 0.280. The van der Waals surface area contributed by atoms with Gasteiger partial charge in [-0.05, 0) is 38.0 Å². The van der Waals surface area contributed by atoms with E-state index in [0.29, 0.717) is 34.2 Å². The van der Waals surface area contributed by atoms with E-state index in [0.717, 1.165) is 5.56 Å². The number of anilines is 1. The maximum atomic E-state index is 13.6. The molecule has 0 fully saturated rings. The largest absolute Gasteiger partial charge is 0.461 e. The molecule has 1 amide bonds. The van der Waals surface area contributed by atoms with Gasteiger partial charge in [0.25, 0.3) is 5.91 Å². The Bertz CT molecular complexity index is 1210. The SMILES string of the molecule is CCOC(=O)c1nc(N(CCc2ccccc2)C(=O)C2CC(c3cccc(F)c3)=NO2)sc1C. The number of rotatable bonds is 8. The molecule has 0 radical (unpaired) electrons. The van der Waals surface area contributed by atoms with Gasteiger partial charge in [-0.3, -0.25) is 9.69 Å². The van der Waals surface area contributed by atoms with Gasteiger partial charge in [-0.25, -0.2) is 14.2 Å². The van der Waals surface area contributed by atoms with Crippen LogP contribution in [0.5, 0.6) is 0 Å². The van der Waals surface area contributed by atoms with Crippen LogP contribution >= 0.6 is 11.3 Å². The van der Waals surface area contributed by atoms with Gasteiger partial charge >= 0.3 is 5.97 Å². The second-order valence-corrected chi connectivity index (χ2v) is 8.88. The number of oxime groups is 1. The molecule has 2 aromatic carbocycles. The number of aromatic nitrogens is 1. The van der Waals surface area contributed by atoms with Crippen molar-refractivity contribution in [1.82, 2.24) is 4.98 Å². The van der Waals surface area contributed by atoms with Crippen molar-refractivity contribution in [2.45, 2.75) is 32.8 Å². The zero-order valence-electron chi connectivity index (χ0n) is 18.9. The summed E-state index contributed by atoms with van der Waals surface area (Å²) in [5, 5.41) is 4.42. The van der Waals surface area contributed by atoms with E-state index in [2.05, 4.69) is 10.1 Å². The molecule has 9 heteroatoms. The molecule has 0 spiro atoms. The molecule has 1 aliphatic heterocycles. The Morgan fingerprint density at radius 1 is 1.21 bits per heavy atom. The predicted molar refractivity (Wildman–Crippen MR) is 128 cm³/mol. The van der Waals surface area contributed by atoms with Crippen LogP contribution in [0.2, 0.25) is 0 Å². The molecule has 1 aliphatic rings. The molecule has 176 valence electrons. The number of aryl methyl sites for hydroxylation is 1. The molecule has 2 heterocycles. The minimum atomic E-state index is -0.871. The van der Waals surface area contributed by atoms with E-state index in [-0.39, 0.29) is 30.4 Å². The number of ether oxygens (including phenoxy) is 1. The minimum Gasteiger partial charge on any atom is -0.461 e. The summed E-state index contributed by atoms with van der Waals surface area (Å²) in [7, 11) is 0. The number of hydrogen-bond acceptors (Lipinski definition) is 7. The number of halogens is 1. The number of carbonyl (C=O) groups excluding carboxylic acids is 2. The lowest BCUT2D eigenvalue weighted by atomic mass is 10.0. The number of amides is 1. The number of benzene rings is 2. The van der Waals surface area contributed by atoms with E-state index < -0.39 is 12.1 Å². The summed E-state index contributed by atoms with van der Waals surface area (Å²) in [5.41, 5.74) is 2.33. The Hall–Kier alpha value is -3.59. The van der Waals surface area contributed by atoms with Gasteiger partial charge < -0.3 is 9.57 Å². The standard InChI is InChI=1S/C25H24FN3O4S/c1-3-32-24(31)22-16(2)34-25(27-22)29(13-12-17-8-5-4-6-9-17)23(30)21-15-20(28-33-21)18-10-7-11-19(26)14-18/h4-11,14,21H,3,12-13,15H2,1-2H3. The summed E-state index contributed by atoms with van der Waals surface area (Å²) < 4.78 is 18.7. The Morgan fingerprint density at radius 2 is 2.00 bits per heavy atom. The summed E-state index contributed by atoms with van der Waals surface area (Å²) >= 11 is 1.25. The van der Waals surface area contributed by atoms with E-state index in [1.807, 2.05) is 30.3 Å². The molecule has 3 aromatic rings. The van der Waals surface area contributed by atoms with Gasteiger partial charge in [0.2, 0.25) is 6.10 Å². The average Bonchev–Trinajstić information content (AvgIpc) is 3.47. The first kappa shape index (κ1) is 23.6. The molecular formula is C25H24FN3O4S. The zero-order valence-corrected chi connectivity index (χ0v) is 19.7. The van der Waals surface area contributed by atoms with Gasteiger partial charge in [-0.2, -0.15) is 0 Å². The third kappa shape index (κ3) is 5.31. The van der Waals surface area contributed by atoms with Crippen LogP contribution in [0.4, 0.5) is 9.52 Å². The lowest BCUT2D eigenvalue weighted by Crippen LogP contribution is -2.40. The van der Waals surface area contributed by atoms with Crippen LogP contribution in [0.25, 0.3) is 0 Å². The molecule has 0 N–H and O–H groups in total. The normalized spacial score (nSPS) is 14.9. The molecule has 0 saturated carbocycles. The lowest BCUT2D eigenvalue weighted by molar-refractivity contribution is -0.128. The molecule has 1 unspecified atom stereocenters. The zero-order chi connectivity index (χ0) is 24.1. The monoisotopic (exact) mass is 481 g/mol. The van der Waals surface area contributed by atoms with Gasteiger partial charge in [0.05, 0.1) is 12.3 Å². The first-order valence-electron chi connectivity index (χ1n) is 10.9. The maximum absolute atomic E-state index is 13.6. The van der Waals surface area contributed by atoms with Crippen LogP contribution in [-0.2, 0) is 20.8 Å². The van der Waals surface area contributed by atoms with Crippen molar-refractivity contribution in [1.29, 1.82) is 0 Å². The molecule has 0 aliphatic carbocycles. The second-order valence-electron chi connectivity index (χ2n) is 7.69. The number of esters is 1. The van der Waals surface area contributed by atoms with Gasteiger partial charge in [-0.1, -0.05) is 47.6 Å². The average molecular weight is 482 g/mol. The first-order valence-corrected chi connectivity index (χ1v) is 11.8. The third-order valence-corrected chi connectivity index (χ3v) is 6.31. The number of hydrogen-bond donors (Lipinski definition) is 0. The van der Waals surface area contributed by atoms with Gasteiger partial charge in [0, 0.05) is 23.4 Å². The highest BCUT2D eigenvalue weighted by atomic mass is 32.1. The van der Waals surface area contributed by atoms with Gasteiger partial charge in [0.1, 0.15) is 5.82 Å². The molecule has 1 aromatic heterocycles. The highest BCUT2D eigenvalue weighted by Gasteiger charge is 2.35. The fourth-order valence-corrected chi connectivity index (χ4v) is 4.52. The second kappa shape index (κ2) is 10.6. The van der Waals surface area contributed by atoms with E-state index in [1.54, 1.807) is 26.0 Å². The fourth-order valence-electron chi connectivity index (χ4n) is 3.59. The predicted octanol–water partition coefficient (Wildman–Crippen LogP) is 4.54. The molecule has 0 saturated heterocycles. The van der Waals surface area contributed by atoms with Crippen molar-refractivity contribution < 1.29 is 23.6 Å². The number of thiazole rings is 1. The van der Waals surface area contributed by atoms with E-state index in [4.69, 9.17) is 9.57 Å². The summed E-state index contributed by atoms with van der Waals surface area (Å²) in [4.78, 5) is 37.9. The molecular weight excluding hydrogens is 457 g/mol. The van der Waals surface area contributed by atoms with Crippen molar-refractivity contribution in [3.05, 3.63) is 82.1 Å². The highest BCUT2D eigenvalue weighted by molar-refractivity contribution is 7.16. The Morgan fingerprint density at radius 3 is 2.74 bits per heavy atom. The van der Waals surface area contributed by atoms with E-state index in [1.165, 1.54) is 28.4 Å². The van der Waals surface area contributed by atoms with Crippen LogP contribution in [-0.4, -0.2) is 41.8 Å². The van der Waals surface area contributed by atoms with Crippen LogP contribution in [0.3, 0.4) is 0 Å². The molecule has 7 nitrogen and oxygen atoms in total. The topological polar surface area (TPSA) is 81.1 Å². The molecule has 0 bridgehead atoms. The van der Waals surface area contributed by atoms with Crippen molar-refractivity contribution >= 4 is 34.1 Å². The summed E-state index contributed by atoms with van der Waals surface area (Å²) in [6.45, 7) is 4.07. The minimum absolute atomic E-state index is 0.198. The van der Waals surface area contributed by atoms with Gasteiger partial charge in [0.15, 0.2) is 10.8 Å². The first-order chi connectivity index (χ1) is 16.5. The van der Waals surface area contributed by atoms with Crippen LogP contribution in [0, 0.1) is 12.7 Å². The third-order valence-electron chi connectivity index (χ3n) is 5.32. The van der Waals surface area contributed by atoms with Crippen molar-refractivity contribution in [3.63, 3.8) is 0 Å². The molecule has 1 atom stereocenters. The lowest BCUT2D eigenvalue weighted by Gasteiger charge is -2.22. The number of nitrogens with zero attached hydrogens (tertiary/aromatic N) is 3. The molecule has 4 rings (SSSR count). The Kier molecular flexibility index (Phi) is 7.32. The van der Waals surface area contributed by atoms with Crippen LogP contribution < -0.4 is 4.90 Å². The summed E-state index contributed by atoms with van der Waals surface area (Å²) in [5.74, 6) is -1.23. The van der Waals surface area contributed by atoms with Crippen molar-refractivity contribution in [2.24, 2.45) is 5.16 Å². The highest BCUT2D eigenvalue weighted by Crippen LogP contribution is 2.29. The molecule has 34 heavy (non-hydrogen) atoms. The van der Waals surface area contributed by atoms with E-state index >= 15 is 0 Å². The van der Waals surface area contributed by atoms with Crippen molar-refractivity contribution in [2.75, 3.05) is 18.1 Å². The smallest absolute Gasteiger partial charge is 0.358 e. The Labute approximate surface area is 200 Å². The quantitative estimate of drug-likeness (QED) is 0.442. The van der Waals surface area contributed by atoms with Crippen molar-refractivity contribution in [3.8, 4) is 0 Å². The van der Waals surface area contributed by atoms with E-state index in [9.17, 15) is 14.0 Å². The number of carbonyl (C=O) groups is 2. The van der Waals surface area contributed by atoms with Crippen LogP contribution in [0.15, 0.2) is 59.8 Å². The Balaban J connectivity index is 1.56. The summed E-state index contributed by atoms with van der Waals surface area (Å²) in [6, 6.07) is 15.8. The summed E-state index contributed by atoms with van der Waals surface area (Å²) in [6.07, 6.45) is -0.0759.